The second-order valence-corrected chi connectivity index (χ2v) is 5.66. The van der Waals surface area contributed by atoms with Gasteiger partial charge in [-0.2, -0.15) is 0 Å². The van der Waals surface area contributed by atoms with E-state index >= 15 is 0 Å². The number of benzene rings is 1. The van der Waals surface area contributed by atoms with Gasteiger partial charge in [-0.15, -0.1) is 0 Å². The molecule has 4 nitrogen and oxygen atoms in total. The summed E-state index contributed by atoms with van der Waals surface area (Å²) in [5, 5.41) is 0. The van der Waals surface area contributed by atoms with Crippen molar-refractivity contribution in [1.29, 1.82) is 0 Å². The second-order valence-electron chi connectivity index (χ2n) is 5.66. The van der Waals surface area contributed by atoms with Crippen LogP contribution < -0.4 is 15.5 Å². The average molecular weight is 300 g/mol. The number of hydrogen-bond acceptors (Lipinski definition) is 4. The van der Waals surface area contributed by atoms with Crippen molar-refractivity contribution in [2.75, 3.05) is 36.0 Å². The van der Waals surface area contributed by atoms with E-state index in [1.807, 2.05) is 37.3 Å². The molecule has 1 aromatic carbocycles. The minimum atomic E-state index is -0.193. The SMILES string of the molecule is CC(N)c1ccc(N2CCN(c3ccccn3)CC2)c(F)c1. The van der Waals surface area contributed by atoms with Gasteiger partial charge in [0.15, 0.2) is 0 Å². The van der Waals surface area contributed by atoms with Crippen molar-refractivity contribution in [3.05, 3.63) is 54.0 Å². The molecule has 1 unspecified atom stereocenters. The van der Waals surface area contributed by atoms with Crippen LogP contribution in [0.4, 0.5) is 15.9 Å². The first-order chi connectivity index (χ1) is 10.6. The van der Waals surface area contributed by atoms with Gasteiger partial charge in [0.1, 0.15) is 11.6 Å². The van der Waals surface area contributed by atoms with Crippen LogP contribution in [-0.2, 0) is 0 Å². The molecule has 0 radical (unpaired) electrons. The van der Waals surface area contributed by atoms with Gasteiger partial charge in [0.25, 0.3) is 0 Å². The lowest BCUT2D eigenvalue weighted by molar-refractivity contribution is 0.593. The maximum absolute atomic E-state index is 14.3. The lowest BCUT2D eigenvalue weighted by Gasteiger charge is -2.36. The Morgan fingerprint density at radius 3 is 2.41 bits per heavy atom. The van der Waals surface area contributed by atoms with E-state index in [4.69, 9.17) is 5.73 Å². The summed E-state index contributed by atoms with van der Waals surface area (Å²) in [5.41, 5.74) is 7.28. The molecule has 1 atom stereocenters. The molecule has 0 saturated carbocycles. The fraction of sp³-hybridized carbons (Fsp3) is 0.353. The third kappa shape index (κ3) is 3.04. The Balaban J connectivity index is 1.69. The first-order valence-electron chi connectivity index (χ1n) is 7.61. The number of piperazine rings is 1. The van der Waals surface area contributed by atoms with E-state index in [0.29, 0.717) is 5.69 Å². The highest BCUT2D eigenvalue weighted by molar-refractivity contribution is 5.51. The Morgan fingerprint density at radius 1 is 1.09 bits per heavy atom. The summed E-state index contributed by atoms with van der Waals surface area (Å²) in [6, 6.07) is 11.1. The van der Waals surface area contributed by atoms with Crippen molar-refractivity contribution in [3.8, 4) is 0 Å². The predicted molar refractivity (Wildman–Crippen MR) is 87.7 cm³/mol. The van der Waals surface area contributed by atoms with E-state index in [9.17, 15) is 4.39 Å². The van der Waals surface area contributed by atoms with E-state index < -0.39 is 0 Å². The maximum atomic E-state index is 14.3. The van der Waals surface area contributed by atoms with Crippen LogP contribution in [0.5, 0.6) is 0 Å². The summed E-state index contributed by atoms with van der Waals surface area (Å²) in [5.74, 6) is 0.788. The standard InChI is InChI=1S/C17H21FN4/c1-13(19)14-5-6-16(15(18)12-14)21-8-10-22(11-9-21)17-4-2-3-7-20-17/h2-7,12-13H,8-11,19H2,1H3. The van der Waals surface area contributed by atoms with Crippen LogP contribution in [0.1, 0.15) is 18.5 Å². The van der Waals surface area contributed by atoms with Crippen LogP contribution in [0.3, 0.4) is 0 Å². The van der Waals surface area contributed by atoms with Gasteiger partial charge < -0.3 is 15.5 Å². The molecule has 0 aliphatic carbocycles. The van der Waals surface area contributed by atoms with E-state index in [1.54, 1.807) is 12.3 Å². The fourth-order valence-electron chi connectivity index (χ4n) is 2.78. The number of pyridine rings is 1. The lowest BCUT2D eigenvalue weighted by atomic mass is 10.1. The summed E-state index contributed by atoms with van der Waals surface area (Å²) in [6.07, 6.45) is 1.80. The van der Waals surface area contributed by atoms with Crippen LogP contribution in [-0.4, -0.2) is 31.2 Å². The topological polar surface area (TPSA) is 45.4 Å². The average Bonchev–Trinajstić information content (AvgIpc) is 2.56. The monoisotopic (exact) mass is 300 g/mol. The van der Waals surface area contributed by atoms with Crippen molar-refractivity contribution in [2.45, 2.75) is 13.0 Å². The number of halogens is 1. The van der Waals surface area contributed by atoms with E-state index in [2.05, 4.69) is 14.8 Å². The Morgan fingerprint density at radius 2 is 1.82 bits per heavy atom. The minimum absolute atomic E-state index is 0.149. The number of anilines is 2. The van der Waals surface area contributed by atoms with Gasteiger partial charge in [0, 0.05) is 38.4 Å². The van der Waals surface area contributed by atoms with Crippen LogP contribution in [0.25, 0.3) is 0 Å². The largest absolute Gasteiger partial charge is 0.366 e. The zero-order chi connectivity index (χ0) is 15.5. The van der Waals surface area contributed by atoms with Gasteiger partial charge in [0.2, 0.25) is 0 Å². The Bertz CT molecular complexity index is 622. The minimum Gasteiger partial charge on any atom is -0.366 e. The molecule has 1 aliphatic heterocycles. The summed E-state index contributed by atoms with van der Waals surface area (Å²) >= 11 is 0. The second kappa shape index (κ2) is 6.32. The summed E-state index contributed by atoms with van der Waals surface area (Å²) in [6.45, 7) is 5.10. The molecule has 0 bridgehead atoms. The molecule has 2 aromatic rings. The van der Waals surface area contributed by atoms with Gasteiger partial charge in [-0.25, -0.2) is 9.37 Å². The highest BCUT2D eigenvalue weighted by Crippen LogP contribution is 2.24. The zero-order valence-electron chi connectivity index (χ0n) is 12.7. The smallest absolute Gasteiger partial charge is 0.146 e. The zero-order valence-corrected chi connectivity index (χ0v) is 12.7. The molecule has 0 spiro atoms. The predicted octanol–water partition coefficient (Wildman–Crippen LogP) is 2.57. The third-order valence-corrected chi connectivity index (χ3v) is 4.09. The van der Waals surface area contributed by atoms with Gasteiger partial charge in [-0.1, -0.05) is 12.1 Å². The molecule has 3 rings (SSSR count). The van der Waals surface area contributed by atoms with Crippen molar-refractivity contribution in [1.82, 2.24) is 4.98 Å². The lowest BCUT2D eigenvalue weighted by Crippen LogP contribution is -2.47. The number of aromatic nitrogens is 1. The van der Waals surface area contributed by atoms with Crippen molar-refractivity contribution < 1.29 is 4.39 Å². The summed E-state index contributed by atoms with van der Waals surface area (Å²) in [7, 11) is 0. The van der Waals surface area contributed by atoms with Crippen molar-refractivity contribution >= 4 is 11.5 Å². The molecule has 22 heavy (non-hydrogen) atoms. The maximum Gasteiger partial charge on any atom is 0.146 e. The highest BCUT2D eigenvalue weighted by Gasteiger charge is 2.20. The Labute approximate surface area is 130 Å². The number of rotatable bonds is 3. The van der Waals surface area contributed by atoms with E-state index in [-0.39, 0.29) is 11.9 Å². The number of hydrogen-bond donors (Lipinski definition) is 1. The normalized spacial score (nSPS) is 16.7. The van der Waals surface area contributed by atoms with E-state index in [1.165, 1.54) is 0 Å². The van der Waals surface area contributed by atoms with Crippen molar-refractivity contribution in [2.24, 2.45) is 5.73 Å². The fourth-order valence-corrected chi connectivity index (χ4v) is 2.78. The van der Waals surface area contributed by atoms with E-state index in [0.717, 1.165) is 37.6 Å². The van der Waals surface area contributed by atoms with Gasteiger partial charge in [0.05, 0.1) is 5.69 Å². The number of nitrogens with zero attached hydrogens (tertiary/aromatic N) is 3. The molecular weight excluding hydrogens is 279 g/mol. The van der Waals surface area contributed by atoms with Gasteiger partial charge >= 0.3 is 0 Å². The molecular formula is C17H21FN4. The van der Waals surface area contributed by atoms with Crippen LogP contribution in [0, 0.1) is 5.82 Å². The molecule has 2 heterocycles. The van der Waals surface area contributed by atoms with Crippen LogP contribution >= 0.6 is 0 Å². The van der Waals surface area contributed by atoms with Crippen LogP contribution in [0.2, 0.25) is 0 Å². The molecule has 1 saturated heterocycles. The molecule has 1 aromatic heterocycles. The van der Waals surface area contributed by atoms with Gasteiger partial charge in [-0.3, -0.25) is 0 Å². The summed E-state index contributed by atoms with van der Waals surface area (Å²) < 4.78 is 14.3. The molecule has 116 valence electrons. The number of nitrogens with two attached hydrogens (primary N) is 1. The van der Waals surface area contributed by atoms with Crippen molar-refractivity contribution in [3.63, 3.8) is 0 Å². The molecule has 5 heteroatoms. The van der Waals surface area contributed by atoms with Gasteiger partial charge in [-0.05, 0) is 36.8 Å². The molecule has 1 aliphatic rings. The molecule has 1 fully saturated rings. The first kappa shape index (κ1) is 14.8. The quantitative estimate of drug-likeness (QED) is 0.946. The molecule has 2 N–H and O–H groups in total. The van der Waals surface area contributed by atoms with Crippen LogP contribution in [0.15, 0.2) is 42.6 Å². The molecule has 0 amide bonds. The third-order valence-electron chi connectivity index (χ3n) is 4.09. The Kier molecular flexibility index (Phi) is 4.24. The summed E-state index contributed by atoms with van der Waals surface area (Å²) in [4.78, 5) is 8.68. The Hall–Kier alpha value is -2.14. The first-order valence-corrected chi connectivity index (χ1v) is 7.61. The highest BCUT2D eigenvalue weighted by atomic mass is 19.1.